The zero-order chi connectivity index (χ0) is 16.6. The summed E-state index contributed by atoms with van der Waals surface area (Å²) in [5.74, 6) is 0. The van der Waals surface area contributed by atoms with E-state index in [0.717, 1.165) is 5.19 Å². The molecule has 1 aliphatic heterocycles. The molecule has 0 aromatic heterocycles. The first-order valence-corrected chi connectivity index (χ1v) is 15.8. The van der Waals surface area contributed by atoms with Crippen LogP contribution in [0.3, 0.4) is 0 Å². The second-order valence-corrected chi connectivity index (χ2v) is 19.7. The molecule has 1 fully saturated rings. The smallest absolute Gasteiger partial charge is 0.424 e. The van der Waals surface area contributed by atoms with Crippen molar-refractivity contribution < 1.29 is 13.3 Å². The highest BCUT2D eigenvalue weighted by Gasteiger charge is 2.48. The standard InChI is InChI=1S/C15H29NO3Si3/c1-17-22(18-2,19-3)15-10-8-9-14(13-15)16-20(4,5)11-12-21(16,6)7/h8-10,13H,11-12H2,1-7H3. The van der Waals surface area contributed by atoms with Gasteiger partial charge in [0.05, 0.1) is 0 Å². The van der Waals surface area contributed by atoms with Gasteiger partial charge in [0.25, 0.3) is 0 Å². The molecule has 22 heavy (non-hydrogen) atoms. The lowest BCUT2D eigenvalue weighted by atomic mass is 10.3. The van der Waals surface area contributed by atoms with Gasteiger partial charge in [0.15, 0.2) is 0 Å². The van der Waals surface area contributed by atoms with Crippen molar-refractivity contribution in [3.8, 4) is 0 Å². The van der Waals surface area contributed by atoms with Crippen LogP contribution in [0.25, 0.3) is 0 Å². The lowest BCUT2D eigenvalue weighted by Gasteiger charge is -2.42. The van der Waals surface area contributed by atoms with Gasteiger partial charge in [0.2, 0.25) is 0 Å². The second-order valence-electron chi connectivity index (χ2n) is 7.18. The molecule has 1 aliphatic rings. The molecule has 1 heterocycles. The molecule has 0 radical (unpaired) electrons. The predicted molar refractivity (Wildman–Crippen MR) is 99.9 cm³/mol. The van der Waals surface area contributed by atoms with E-state index in [-0.39, 0.29) is 0 Å². The van der Waals surface area contributed by atoms with E-state index < -0.39 is 25.3 Å². The third-order valence-corrected chi connectivity index (χ3v) is 17.5. The van der Waals surface area contributed by atoms with Gasteiger partial charge in [-0.2, -0.15) is 0 Å². The van der Waals surface area contributed by atoms with E-state index in [1.807, 2.05) is 0 Å². The van der Waals surface area contributed by atoms with Gasteiger partial charge in [0.1, 0.15) is 16.5 Å². The molecule has 0 aliphatic carbocycles. The van der Waals surface area contributed by atoms with Crippen LogP contribution < -0.4 is 9.42 Å². The second kappa shape index (κ2) is 6.22. The summed E-state index contributed by atoms with van der Waals surface area (Å²) in [7, 11) is -0.508. The summed E-state index contributed by atoms with van der Waals surface area (Å²) < 4.78 is 19.7. The van der Waals surface area contributed by atoms with Crippen LogP contribution in [-0.2, 0) is 13.3 Å². The zero-order valence-electron chi connectivity index (χ0n) is 14.9. The van der Waals surface area contributed by atoms with Gasteiger partial charge in [-0.05, 0) is 24.2 Å². The molecular formula is C15H29NO3Si3. The van der Waals surface area contributed by atoms with Crippen molar-refractivity contribution in [1.82, 2.24) is 0 Å². The first-order valence-electron chi connectivity index (χ1n) is 7.79. The summed E-state index contributed by atoms with van der Waals surface area (Å²) in [5.41, 5.74) is 1.33. The maximum Gasteiger partial charge on any atom is 0.536 e. The Kier molecular flexibility index (Phi) is 5.06. The molecule has 2 rings (SSSR count). The van der Waals surface area contributed by atoms with Crippen LogP contribution in [0.15, 0.2) is 24.3 Å². The molecule has 7 heteroatoms. The molecule has 0 atom stereocenters. The molecule has 1 aromatic rings. The predicted octanol–water partition coefficient (Wildman–Crippen LogP) is 3.00. The molecule has 0 amide bonds. The van der Waals surface area contributed by atoms with Crippen LogP contribution in [0.1, 0.15) is 0 Å². The Labute approximate surface area is 137 Å². The highest BCUT2D eigenvalue weighted by molar-refractivity contribution is 7.04. The Bertz CT molecular complexity index is 508. The third kappa shape index (κ3) is 2.98. The lowest BCUT2D eigenvalue weighted by Crippen LogP contribution is -2.57. The fraction of sp³-hybridized carbons (Fsp3) is 0.600. The zero-order valence-corrected chi connectivity index (χ0v) is 17.9. The first-order chi connectivity index (χ1) is 10.2. The Balaban J connectivity index is 2.49. The maximum absolute atomic E-state index is 5.64. The number of hydrogen-bond acceptors (Lipinski definition) is 4. The Morgan fingerprint density at radius 1 is 0.909 bits per heavy atom. The lowest BCUT2D eigenvalue weighted by molar-refractivity contribution is 0.140. The van der Waals surface area contributed by atoms with E-state index in [1.165, 1.54) is 17.8 Å². The van der Waals surface area contributed by atoms with Crippen LogP contribution in [-0.4, -0.2) is 46.6 Å². The molecule has 0 bridgehead atoms. The van der Waals surface area contributed by atoms with Gasteiger partial charge in [-0.25, -0.2) is 0 Å². The number of anilines is 1. The summed E-state index contributed by atoms with van der Waals surface area (Å²) >= 11 is 0. The topological polar surface area (TPSA) is 30.9 Å². The van der Waals surface area contributed by atoms with Crippen molar-refractivity contribution in [2.45, 2.75) is 38.3 Å². The minimum absolute atomic E-state index is 1.04. The van der Waals surface area contributed by atoms with Gasteiger partial charge in [-0.15, -0.1) is 0 Å². The van der Waals surface area contributed by atoms with Crippen molar-refractivity contribution in [1.29, 1.82) is 0 Å². The van der Waals surface area contributed by atoms with Crippen molar-refractivity contribution in [2.75, 3.05) is 25.6 Å². The molecule has 0 unspecified atom stereocenters. The maximum atomic E-state index is 5.64. The fourth-order valence-electron chi connectivity index (χ4n) is 3.79. The summed E-state index contributed by atoms with van der Waals surface area (Å²) in [6, 6.07) is 11.4. The highest BCUT2D eigenvalue weighted by atomic mass is 28.4. The van der Waals surface area contributed by atoms with Crippen molar-refractivity contribution in [2.24, 2.45) is 0 Å². The first kappa shape index (κ1) is 17.9. The van der Waals surface area contributed by atoms with E-state index in [2.05, 4.69) is 54.7 Å². The van der Waals surface area contributed by atoms with Crippen molar-refractivity contribution in [3.63, 3.8) is 0 Å². The average Bonchev–Trinajstić information content (AvgIpc) is 2.70. The summed E-state index contributed by atoms with van der Waals surface area (Å²) in [5, 5.41) is 1.04. The molecule has 4 nitrogen and oxygen atoms in total. The average molecular weight is 356 g/mol. The van der Waals surface area contributed by atoms with E-state index in [1.54, 1.807) is 21.3 Å². The van der Waals surface area contributed by atoms with Gasteiger partial charge < -0.3 is 17.5 Å². The minimum atomic E-state index is -2.76. The molecule has 0 spiro atoms. The summed E-state index contributed by atoms with van der Waals surface area (Å²) in [4.78, 5) is 0. The van der Waals surface area contributed by atoms with Crippen LogP contribution in [0.4, 0.5) is 5.69 Å². The van der Waals surface area contributed by atoms with Crippen LogP contribution in [0, 0.1) is 0 Å². The number of hydrogen-bond donors (Lipinski definition) is 0. The van der Waals surface area contributed by atoms with Crippen LogP contribution in [0.5, 0.6) is 0 Å². The molecule has 0 saturated carbocycles. The van der Waals surface area contributed by atoms with Crippen molar-refractivity contribution in [3.05, 3.63) is 24.3 Å². The largest absolute Gasteiger partial charge is 0.536 e. The summed E-state index contributed by atoms with van der Waals surface area (Å²) in [6.07, 6.45) is 0. The van der Waals surface area contributed by atoms with E-state index >= 15 is 0 Å². The molecule has 124 valence electrons. The van der Waals surface area contributed by atoms with Gasteiger partial charge in [0, 0.05) is 32.2 Å². The van der Waals surface area contributed by atoms with E-state index in [9.17, 15) is 0 Å². The fourth-order valence-corrected chi connectivity index (χ4v) is 19.9. The highest BCUT2D eigenvalue weighted by Crippen LogP contribution is 2.40. The van der Waals surface area contributed by atoms with Gasteiger partial charge in [-0.1, -0.05) is 38.3 Å². The molecule has 0 N–H and O–H groups in total. The van der Waals surface area contributed by atoms with E-state index in [0.29, 0.717) is 0 Å². The van der Waals surface area contributed by atoms with E-state index in [4.69, 9.17) is 13.3 Å². The number of rotatable bonds is 5. The minimum Gasteiger partial charge on any atom is -0.424 e. The molecule has 1 aromatic carbocycles. The quantitative estimate of drug-likeness (QED) is 0.760. The van der Waals surface area contributed by atoms with Crippen LogP contribution >= 0.6 is 0 Å². The Morgan fingerprint density at radius 2 is 1.41 bits per heavy atom. The Hall–Kier alpha value is -0.449. The summed E-state index contributed by atoms with van der Waals surface area (Å²) in [6.45, 7) is 9.92. The van der Waals surface area contributed by atoms with Crippen LogP contribution in [0.2, 0.25) is 38.3 Å². The van der Waals surface area contributed by atoms with Gasteiger partial charge >= 0.3 is 8.80 Å². The van der Waals surface area contributed by atoms with Gasteiger partial charge in [-0.3, -0.25) is 0 Å². The van der Waals surface area contributed by atoms with Crippen molar-refractivity contribution >= 4 is 36.1 Å². The monoisotopic (exact) mass is 355 g/mol. The normalized spacial score (nSPS) is 20.4. The SMILES string of the molecule is CO[Si](OC)(OC)c1cccc(N2[Si](C)(C)CC[Si]2(C)C)c1. The third-order valence-electron chi connectivity index (χ3n) is 4.82. The Morgan fingerprint density at radius 3 is 1.86 bits per heavy atom. The molecular weight excluding hydrogens is 326 g/mol. The number of benzene rings is 1. The number of nitrogens with zero attached hydrogens (tertiary/aromatic N) is 1. The molecule has 1 saturated heterocycles.